The minimum Gasteiger partial charge on any atom is -0.418 e. The summed E-state index contributed by atoms with van der Waals surface area (Å²) in [5.74, 6) is 0. The molecule has 0 aliphatic heterocycles. The third kappa shape index (κ3) is 9.01. The first-order valence-electron chi connectivity index (χ1n) is 4.04. The summed E-state index contributed by atoms with van der Waals surface area (Å²) >= 11 is 0. The van der Waals surface area contributed by atoms with E-state index in [-0.39, 0.29) is 6.61 Å². The number of nitrogens with zero attached hydrogens (tertiary/aromatic N) is 2. The summed E-state index contributed by atoms with van der Waals surface area (Å²) in [4.78, 5) is 0. The van der Waals surface area contributed by atoms with Crippen LogP contribution in [0.1, 0.15) is 0 Å². The van der Waals surface area contributed by atoms with Crippen LogP contribution < -0.4 is 4.57 Å². The quantitative estimate of drug-likeness (QED) is 0.467. The van der Waals surface area contributed by atoms with Crippen LogP contribution >= 0.6 is 0 Å². The van der Waals surface area contributed by atoms with Gasteiger partial charge in [-0.25, -0.2) is 9.13 Å². The molecule has 8 heteroatoms. The lowest BCUT2D eigenvalue weighted by Crippen LogP contribution is -2.32. The largest absolute Gasteiger partial charge is 0.673 e. The zero-order valence-corrected chi connectivity index (χ0v) is 7.86. The molecular weight excluding hydrogens is 215 g/mol. The SMILES string of the molecule is C=Cn1cc[n+](CCO)c1.F[B-](F)(F)F. The second-order valence-electron chi connectivity index (χ2n) is 2.50. The average molecular weight is 226 g/mol. The van der Waals surface area contributed by atoms with Gasteiger partial charge in [0.1, 0.15) is 18.9 Å². The number of halogens is 4. The average Bonchev–Trinajstić information content (AvgIpc) is 2.50. The lowest BCUT2D eigenvalue weighted by Gasteiger charge is -1.94. The van der Waals surface area contributed by atoms with E-state index in [2.05, 4.69) is 6.58 Å². The van der Waals surface area contributed by atoms with Crippen LogP contribution in [0.4, 0.5) is 17.3 Å². The Kier molecular flexibility index (Phi) is 5.69. The van der Waals surface area contributed by atoms with Crippen molar-refractivity contribution in [1.82, 2.24) is 4.57 Å². The Bertz CT molecular complexity index is 293. The molecule has 0 aromatic carbocycles. The number of imidazole rings is 1. The van der Waals surface area contributed by atoms with E-state index in [1.807, 2.05) is 27.9 Å². The summed E-state index contributed by atoms with van der Waals surface area (Å²) in [5.41, 5.74) is 0. The van der Waals surface area contributed by atoms with Crippen LogP contribution in [-0.2, 0) is 6.54 Å². The van der Waals surface area contributed by atoms with Crippen molar-refractivity contribution in [3.05, 3.63) is 25.3 Å². The van der Waals surface area contributed by atoms with Crippen molar-refractivity contribution in [3.8, 4) is 0 Å². The predicted octanol–water partition coefficient (Wildman–Crippen LogP) is 1.17. The predicted molar refractivity (Wildman–Crippen MR) is 48.3 cm³/mol. The van der Waals surface area contributed by atoms with E-state index in [0.29, 0.717) is 6.54 Å². The highest BCUT2D eigenvalue weighted by Crippen LogP contribution is 2.06. The van der Waals surface area contributed by atoms with Crippen LogP contribution in [-0.4, -0.2) is 23.5 Å². The van der Waals surface area contributed by atoms with Gasteiger partial charge in [-0.3, -0.25) is 0 Å². The van der Waals surface area contributed by atoms with Crippen LogP contribution in [0.25, 0.3) is 6.20 Å². The summed E-state index contributed by atoms with van der Waals surface area (Å²) in [7, 11) is -6.00. The van der Waals surface area contributed by atoms with E-state index in [1.54, 1.807) is 6.20 Å². The minimum atomic E-state index is -6.00. The van der Waals surface area contributed by atoms with Gasteiger partial charge in [-0.1, -0.05) is 6.58 Å². The van der Waals surface area contributed by atoms with Crippen molar-refractivity contribution in [2.24, 2.45) is 0 Å². The number of hydrogen-bond acceptors (Lipinski definition) is 1. The highest BCUT2D eigenvalue weighted by atomic mass is 19.5. The molecule has 1 rings (SSSR count). The van der Waals surface area contributed by atoms with E-state index < -0.39 is 7.25 Å². The third-order valence-electron chi connectivity index (χ3n) is 1.28. The van der Waals surface area contributed by atoms with Gasteiger partial charge in [0, 0.05) is 0 Å². The van der Waals surface area contributed by atoms with Crippen LogP contribution in [0.15, 0.2) is 25.3 Å². The molecule has 3 nitrogen and oxygen atoms in total. The standard InChI is InChI=1S/C7H11N2O.BF4/c1-2-8-3-4-9(7-8)5-6-10;2-1(3,4)5/h2-4,7,10H,1,5-6H2;/q+1;-1. The van der Waals surface area contributed by atoms with Gasteiger partial charge in [0.25, 0.3) is 0 Å². The van der Waals surface area contributed by atoms with E-state index >= 15 is 0 Å². The molecular formula is C7H11BF4N2O. The molecule has 0 amide bonds. The van der Waals surface area contributed by atoms with Crippen molar-refractivity contribution >= 4 is 13.5 Å². The smallest absolute Gasteiger partial charge is 0.418 e. The van der Waals surface area contributed by atoms with Crippen LogP contribution in [0.3, 0.4) is 0 Å². The van der Waals surface area contributed by atoms with Gasteiger partial charge in [0.2, 0.25) is 6.33 Å². The highest BCUT2D eigenvalue weighted by molar-refractivity contribution is 6.50. The topological polar surface area (TPSA) is 29.0 Å². The van der Waals surface area contributed by atoms with Crippen molar-refractivity contribution in [2.75, 3.05) is 6.61 Å². The molecule has 0 radical (unpaired) electrons. The normalized spacial score (nSPS) is 10.5. The molecule has 15 heavy (non-hydrogen) atoms. The molecule has 0 aliphatic rings. The van der Waals surface area contributed by atoms with Gasteiger partial charge >= 0.3 is 7.25 Å². The van der Waals surface area contributed by atoms with Gasteiger partial charge in [0.15, 0.2) is 0 Å². The Morgan fingerprint density at radius 3 is 2.27 bits per heavy atom. The fourth-order valence-electron chi connectivity index (χ4n) is 0.767. The van der Waals surface area contributed by atoms with E-state index in [9.17, 15) is 17.3 Å². The molecule has 0 saturated carbocycles. The molecule has 0 bridgehead atoms. The van der Waals surface area contributed by atoms with Crippen molar-refractivity contribution in [3.63, 3.8) is 0 Å². The number of rotatable bonds is 3. The Morgan fingerprint density at radius 1 is 1.40 bits per heavy atom. The highest BCUT2D eigenvalue weighted by Gasteiger charge is 2.20. The van der Waals surface area contributed by atoms with E-state index in [1.165, 1.54) is 0 Å². The molecule has 1 heterocycles. The molecule has 1 aromatic rings. The molecule has 0 spiro atoms. The van der Waals surface area contributed by atoms with Gasteiger partial charge in [-0.2, -0.15) is 0 Å². The number of aliphatic hydroxyl groups is 1. The Balaban J connectivity index is 0.000000336. The molecule has 0 saturated heterocycles. The molecule has 0 atom stereocenters. The van der Waals surface area contributed by atoms with Gasteiger partial charge in [-0.15, -0.1) is 0 Å². The first-order chi connectivity index (χ1) is 6.86. The van der Waals surface area contributed by atoms with Crippen molar-refractivity contribution in [1.29, 1.82) is 0 Å². The van der Waals surface area contributed by atoms with Gasteiger partial charge in [0.05, 0.1) is 12.8 Å². The Morgan fingerprint density at radius 2 is 1.93 bits per heavy atom. The van der Waals surface area contributed by atoms with Gasteiger partial charge in [-0.05, 0) is 0 Å². The first-order valence-corrected chi connectivity index (χ1v) is 4.04. The molecule has 1 aromatic heterocycles. The van der Waals surface area contributed by atoms with Crippen LogP contribution in [0.2, 0.25) is 0 Å². The van der Waals surface area contributed by atoms with Crippen LogP contribution in [0.5, 0.6) is 0 Å². The second kappa shape index (κ2) is 6.23. The maximum Gasteiger partial charge on any atom is 0.673 e. The summed E-state index contributed by atoms with van der Waals surface area (Å²) in [6.45, 7) is 4.40. The molecule has 86 valence electrons. The lowest BCUT2D eigenvalue weighted by molar-refractivity contribution is -0.697. The fourth-order valence-corrected chi connectivity index (χ4v) is 0.767. The van der Waals surface area contributed by atoms with Crippen molar-refractivity contribution in [2.45, 2.75) is 6.54 Å². The summed E-state index contributed by atoms with van der Waals surface area (Å²) in [5, 5.41) is 8.55. The monoisotopic (exact) mass is 226 g/mol. The fraction of sp³-hybridized carbons (Fsp3) is 0.286. The zero-order valence-electron chi connectivity index (χ0n) is 7.86. The maximum absolute atomic E-state index is 9.75. The Labute approximate surface area is 84.4 Å². The summed E-state index contributed by atoms with van der Waals surface area (Å²) < 4.78 is 42.7. The minimum absolute atomic E-state index is 0.172. The maximum atomic E-state index is 9.75. The first kappa shape index (κ1) is 13.7. The summed E-state index contributed by atoms with van der Waals surface area (Å²) in [6, 6.07) is 0. The lowest BCUT2D eigenvalue weighted by atomic mass is 10.3. The third-order valence-corrected chi connectivity index (χ3v) is 1.28. The Hall–Kier alpha value is -1.31. The molecule has 0 fully saturated rings. The van der Waals surface area contributed by atoms with Gasteiger partial charge < -0.3 is 22.4 Å². The number of aromatic nitrogens is 2. The second-order valence-corrected chi connectivity index (χ2v) is 2.50. The van der Waals surface area contributed by atoms with Crippen LogP contribution in [0, 0.1) is 0 Å². The van der Waals surface area contributed by atoms with E-state index in [4.69, 9.17) is 5.11 Å². The van der Waals surface area contributed by atoms with E-state index in [0.717, 1.165) is 0 Å². The number of hydrogen-bond donors (Lipinski definition) is 1. The molecule has 1 N–H and O–H groups in total. The zero-order chi connectivity index (χ0) is 11.9. The molecule has 0 aliphatic carbocycles. The number of aliphatic hydroxyl groups excluding tert-OH is 1. The van der Waals surface area contributed by atoms with Crippen molar-refractivity contribution < 1.29 is 26.9 Å². The molecule has 0 unspecified atom stereocenters. The summed E-state index contributed by atoms with van der Waals surface area (Å²) in [6.07, 6.45) is 7.33.